The largest absolute Gasteiger partial charge is 0.479 e. The second kappa shape index (κ2) is 6.67. The van der Waals surface area contributed by atoms with E-state index in [0.717, 1.165) is 25.9 Å². The minimum Gasteiger partial charge on any atom is -0.479 e. The third kappa shape index (κ3) is 3.08. The SMILES string of the molecule is CC1Oc2ccc(NC(=O)c3cccnc3N3CCCC3)cc2NC1=O. The number of pyridine rings is 1. The number of benzene rings is 1. The fraction of sp³-hybridized carbons (Fsp3) is 0.316. The molecule has 1 atom stereocenters. The molecule has 4 rings (SSSR count). The molecule has 2 aromatic rings. The first-order valence-corrected chi connectivity index (χ1v) is 8.75. The van der Waals surface area contributed by atoms with Gasteiger partial charge in [-0.2, -0.15) is 0 Å². The van der Waals surface area contributed by atoms with Gasteiger partial charge in [0, 0.05) is 25.0 Å². The summed E-state index contributed by atoms with van der Waals surface area (Å²) in [6.07, 6.45) is 3.40. The van der Waals surface area contributed by atoms with E-state index in [2.05, 4.69) is 20.5 Å². The van der Waals surface area contributed by atoms with Crippen molar-refractivity contribution in [2.24, 2.45) is 0 Å². The highest BCUT2D eigenvalue weighted by atomic mass is 16.5. The Morgan fingerprint density at radius 3 is 2.92 bits per heavy atom. The zero-order chi connectivity index (χ0) is 18.1. The molecule has 134 valence electrons. The zero-order valence-corrected chi connectivity index (χ0v) is 14.5. The van der Waals surface area contributed by atoms with E-state index in [9.17, 15) is 9.59 Å². The number of hydrogen-bond acceptors (Lipinski definition) is 5. The van der Waals surface area contributed by atoms with Crippen LogP contribution in [0.15, 0.2) is 36.5 Å². The van der Waals surface area contributed by atoms with E-state index in [1.807, 2.05) is 0 Å². The van der Waals surface area contributed by atoms with E-state index >= 15 is 0 Å². The molecule has 0 aliphatic carbocycles. The number of amides is 2. The molecular formula is C19H20N4O3. The van der Waals surface area contributed by atoms with Gasteiger partial charge in [-0.25, -0.2) is 4.98 Å². The van der Waals surface area contributed by atoms with E-state index in [1.165, 1.54) is 0 Å². The number of aromatic nitrogens is 1. The average Bonchev–Trinajstić information content (AvgIpc) is 3.17. The summed E-state index contributed by atoms with van der Waals surface area (Å²) in [7, 11) is 0. The maximum absolute atomic E-state index is 12.8. The molecule has 1 aromatic carbocycles. The fourth-order valence-corrected chi connectivity index (χ4v) is 3.24. The smallest absolute Gasteiger partial charge is 0.265 e. The first-order chi connectivity index (χ1) is 12.6. The molecule has 2 aliphatic heterocycles. The van der Waals surface area contributed by atoms with Crippen molar-refractivity contribution in [2.75, 3.05) is 28.6 Å². The maximum Gasteiger partial charge on any atom is 0.265 e. The number of hydrogen-bond donors (Lipinski definition) is 2. The minimum atomic E-state index is -0.527. The maximum atomic E-state index is 12.8. The zero-order valence-electron chi connectivity index (χ0n) is 14.5. The summed E-state index contributed by atoms with van der Waals surface area (Å²) in [5.41, 5.74) is 1.68. The standard InChI is InChI=1S/C19H20N4O3/c1-12-18(24)22-15-11-13(6-7-16(15)26-12)21-19(25)14-5-4-8-20-17(14)23-9-2-3-10-23/h4-8,11-12H,2-3,9-10H2,1H3,(H,21,25)(H,22,24). The van der Waals surface area contributed by atoms with Crippen LogP contribution in [0.4, 0.5) is 17.2 Å². The van der Waals surface area contributed by atoms with Crippen LogP contribution in [-0.2, 0) is 4.79 Å². The molecule has 0 saturated carbocycles. The number of anilines is 3. The van der Waals surface area contributed by atoms with Crippen molar-refractivity contribution >= 4 is 29.0 Å². The summed E-state index contributed by atoms with van der Waals surface area (Å²) in [6.45, 7) is 3.52. The van der Waals surface area contributed by atoms with Crippen molar-refractivity contribution < 1.29 is 14.3 Å². The molecule has 0 spiro atoms. The Balaban J connectivity index is 1.56. The lowest BCUT2D eigenvalue weighted by molar-refractivity contribution is -0.122. The molecule has 0 bridgehead atoms. The monoisotopic (exact) mass is 352 g/mol. The summed E-state index contributed by atoms with van der Waals surface area (Å²) in [4.78, 5) is 31.1. The molecule has 3 heterocycles. The van der Waals surface area contributed by atoms with Crippen LogP contribution >= 0.6 is 0 Å². The van der Waals surface area contributed by atoms with Gasteiger partial charge in [0.25, 0.3) is 11.8 Å². The highest BCUT2D eigenvalue weighted by molar-refractivity contribution is 6.08. The van der Waals surface area contributed by atoms with Gasteiger partial charge >= 0.3 is 0 Å². The molecule has 2 aliphatic rings. The van der Waals surface area contributed by atoms with Gasteiger partial charge in [0.05, 0.1) is 11.3 Å². The third-order valence-corrected chi connectivity index (χ3v) is 4.61. The summed E-state index contributed by atoms with van der Waals surface area (Å²) in [5, 5.41) is 5.67. The van der Waals surface area contributed by atoms with Gasteiger partial charge in [0.2, 0.25) is 0 Å². The fourth-order valence-electron chi connectivity index (χ4n) is 3.24. The molecule has 26 heavy (non-hydrogen) atoms. The van der Waals surface area contributed by atoms with Gasteiger partial charge in [-0.1, -0.05) is 0 Å². The lowest BCUT2D eigenvalue weighted by Crippen LogP contribution is -2.34. The van der Waals surface area contributed by atoms with Crippen molar-refractivity contribution in [3.8, 4) is 5.75 Å². The van der Waals surface area contributed by atoms with Crippen LogP contribution in [0.2, 0.25) is 0 Å². The molecule has 1 aromatic heterocycles. The van der Waals surface area contributed by atoms with Crippen molar-refractivity contribution in [2.45, 2.75) is 25.9 Å². The number of nitrogens with zero attached hydrogens (tertiary/aromatic N) is 2. The van der Waals surface area contributed by atoms with Crippen LogP contribution in [0.1, 0.15) is 30.1 Å². The van der Waals surface area contributed by atoms with Gasteiger partial charge in [0.1, 0.15) is 11.6 Å². The van der Waals surface area contributed by atoms with Crippen LogP contribution < -0.4 is 20.3 Å². The number of carbonyl (C=O) groups is 2. The molecule has 2 N–H and O–H groups in total. The van der Waals surface area contributed by atoms with Gasteiger partial charge in [-0.3, -0.25) is 9.59 Å². The lowest BCUT2D eigenvalue weighted by Gasteiger charge is -2.24. The van der Waals surface area contributed by atoms with Crippen LogP contribution in [0.25, 0.3) is 0 Å². The molecule has 1 saturated heterocycles. The molecule has 1 fully saturated rings. The summed E-state index contributed by atoms with van der Waals surface area (Å²) < 4.78 is 5.53. The summed E-state index contributed by atoms with van der Waals surface area (Å²) in [6, 6.07) is 8.74. The van der Waals surface area contributed by atoms with E-state index in [1.54, 1.807) is 43.5 Å². The normalized spacial score (nSPS) is 18.7. The van der Waals surface area contributed by atoms with Crippen LogP contribution in [0.5, 0.6) is 5.75 Å². The van der Waals surface area contributed by atoms with E-state index in [-0.39, 0.29) is 11.8 Å². The predicted octanol–water partition coefficient (Wildman–Crippen LogP) is 2.65. The van der Waals surface area contributed by atoms with Crippen molar-refractivity contribution in [3.63, 3.8) is 0 Å². The number of carbonyl (C=O) groups excluding carboxylic acids is 2. The Bertz CT molecular complexity index is 862. The second-order valence-corrected chi connectivity index (χ2v) is 6.48. The molecule has 0 radical (unpaired) electrons. The van der Waals surface area contributed by atoms with Gasteiger partial charge in [-0.05, 0) is 50.1 Å². The molecular weight excluding hydrogens is 332 g/mol. The quantitative estimate of drug-likeness (QED) is 0.887. The molecule has 1 unspecified atom stereocenters. The summed E-state index contributed by atoms with van der Waals surface area (Å²) >= 11 is 0. The number of nitrogens with one attached hydrogen (secondary N) is 2. The first kappa shape index (κ1) is 16.4. The minimum absolute atomic E-state index is 0.204. The first-order valence-electron chi connectivity index (χ1n) is 8.75. The van der Waals surface area contributed by atoms with E-state index < -0.39 is 6.10 Å². The van der Waals surface area contributed by atoms with E-state index in [0.29, 0.717) is 28.5 Å². The van der Waals surface area contributed by atoms with Crippen molar-refractivity contribution in [3.05, 3.63) is 42.1 Å². The van der Waals surface area contributed by atoms with Gasteiger partial charge < -0.3 is 20.3 Å². The highest BCUT2D eigenvalue weighted by Crippen LogP contribution is 2.32. The average molecular weight is 352 g/mol. The predicted molar refractivity (Wildman–Crippen MR) is 98.8 cm³/mol. The van der Waals surface area contributed by atoms with Crippen molar-refractivity contribution in [1.82, 2.24) is 4.98 Å². The Kier molecular flexibility index (Phi) is 4.20. The van der Waals surface area contributed by atoms with E-state index in [4.69, 9.17) is 4.74 Å². The Morgan fingerprint density at radius 1 is 1.31 bits per heavy atom. The number of fused-ring (bicyclic) bond motifs is 1. The van der Waals surface area contributed by atoms with Gasteiger partial charge in [0.15, 0.2) is 6.10 Å². The van der Waals surface area contributed by atoms with Crippen LogP contribution in [0, 0.1) is 0 Å². The highest BCUT2D eigenvalue weighted by Gasteiger charge is 2.24. The Morgan fingerprint density at radius 2 is 2.12 bits per heavy atom. The number of rotatable bonds is 3. The number of ether oxygens (including phenoxy) is 1. The van der Waals surface area contributed by atoms with Crippen LogP contribution in [0.3, 0.4) is 0 Å². The third-order valence-electron chi connectivity index (χ3n) is 4.61. The Labute approximate surface area is 151 Å². The molecule has 2 amide bonds. The lowest BCUT2D eigenvalue weighted by atomic mass is 10.2. The topological polar surface area (TPSA) is 83.6 Å². The summed E-state index contributed by atoms with van der Waals surface area (Å²) in [5.74, 6) is 0.876. The molecule has 7 nitrogen and oxygen atoms in total. The van der Waals surface area contributed by atoms with Gasteiger partial charge in [-0.15, -0.1) is 0 Å². The second-order valence-electron chi connectivity index (χ2n) is 6.48. The Hall–Kier alpha value is -3.09. The van der Waals surface area contributed by atoms with Crippen molar-refractivity contribution in [1.29, 1.82) is 0 Å². The molecule has 7 heteroatoms. The van der Waals surface area contributed by atoms with Crippen LogP contribution in [-0.4, -0.2) is 36.0 Å².